The van der Waals surface area contributed by atoms with Crippen molar-refractivity contribution in [2.75, 3.05) is 14.2 Å². The van der Waals surface area contributed by atoms with Gasteiger partial charge in [-0.1, -0.05) is 10.3 Å². The van der Waals surface area contributed by atoms with E-state index < -0.39 is 0 Å². The summed E-state index contributed by atoms with van der Waals surface area (Å²) in [5.74, 6) is 3.50. The molecule has 0 aliphatic carbocycles. The van der Waals surface area contributed by atoms with Crippen LogP contribution in [0.15, 0.2) is 57.6 Å². The lowest BCUT2D eigenvalue weighted by molar-refractivity contribution is 0.346. The molecular formula is C20H19N5O4. The molecule has 0 saturated heterocycles. The maximum atomic E-state index is 5.28. The van der Waals surface area contributed by atoms with Crippen molar-refractivity contribution < 1.29 is 18.5 Å². The van der Waals surface area contributed by atoms with Gasteiger partial charge in [-0.25, -0.2) is 0 Å². The highest BCUT2D eigenvalue weighted by Crippen LogP contribution is 2.21. The molecule has 1 N–H and O–H groups in total. The van der Waals surface area contributed by atoms with Gasteiger partial charge in [0.25, 0.3) is 0 Å². The van der Waals surface area contributed by atoms with E-state index in [2.05, 4.69) is 25.6 Å². The molecule has 9 heteroatoms. The lowest BCUT2D eigenvalue weighted by Gasteiger charge is -1.99. The summed E-state index contributed by atoms with van der Waals surface area (Å²) in [6, 6.07) is 14.9. The normalized spacial score (nSPS) is 10.8. The molecule has 2 heterocycles. The van der Waals surface area contributed by atoms with Crippen LogP contribution in [0.2, 0.25) is 0 Å². The Hall–Kier alpha value is -3.72. The van der Waals surface area contributed by atoms with Crippen molar-refractivity contribution in [2.24, 2.45) is 0 Å². The highest BCUT2D eigenvalue weighted by molar-refractivity contribution is 5.56. The number of benzene rings is 2. The molecule has 2 aromatic heterocycles. The largest absolute Gasteiger partial charge is 0.497 e. The molecule has 0 radical (unpaired) electrons. The van der Waals surface area contributed by atoms with Crippen LogP contribution in [0.5, 0.6) is 11.5 Å². The molecule has 0 unspecified atom stereocenters. The van der Waals surface area contributed by atoms with E-state index in [4.69, 9.17) is 18.5 Å². The number of rotatable bonds is 8. The second-order valence-electron chi connectivity index (χ2n) is 6.08. The molecule has 0 amide bonds. The van der Waals surface area contributed by atoms with Gasteiger partial charge in [-0.05, 0) is 48.5 Å². The Morgan fingerprint density at radius 1 is 0.690 bits per heavy atom. The average molecular weight is 393 g/mol. The molecular weight excluding hydrogens is 374 g/mol. The van der Waals surface area contributed by atoms with E-state index in [1.165, 1.54) is 0 Å². The summed E-state index contributed by atoms with van der Waals surface area (Å²) in [5.41, 5.74) is 1.70. The topological polar surface area (TPSA) is 108 Å². The van der Waals surface area contributed by atoms with E-state index in [1.807, 2.05) is 48.5 Å². The first kappa shape index (κ1) is 18.6. The Labute approximate surface area is 166 Å². The van der Waals surface area contributed by atoms with Gasteiger partial charge < -0.3 is 18.5 Å². The smallest absolute Gasteiger partial charge is 0.240 e. The third-order valence-corrected chi connectivity index (χ3v) is 4.19. The van der Waals surface area contributed by atoms with Gasteiger partial charge in [-0.2, -0.15) is 9.97 Å². The zero-order valence-electron chi connectivity index (χ0n) is 16.0. The third kappa shape index (κ3) is 4.41. The van der Waals surface area contributed by atoms with Gasteiger partial charge in [0.15, 0.2) is 0 Å². The molecule has 0 bridgehead atoms. The van der Waals surface area contributed by atoms with Crippen LogP contribution in [0, 0.1) is 0 Å². The van der Waals surface area contributed by atoms with Gasteiger partial charge in [0.05, 0.1) is 27.3 Å². The van der Waals surface area contributed by atoms with E-state index in [-0.39, 0.29) is 0 Å². The molecule has 0 aliphatic rings. The van der Waals surface area contributed by atoms with Crippen molar-refractivity contribution in [1.82, 2.24) is 25.6 Å². The molecule has 0 spiro atoms. The van der Waals surface area contributed by atoms with Gasteiger partial charge in [0.1, 0.15) is 11.5 Å². The van der Waals surface area contributed by atoms with Gasteiger partial charge in [0.2, 0.25) is 23.4 Å². The van der Waals surface area contributed by atoms with Crippen LogP contribution in [-0.4, -0.2) is 34.5 Å². The number of nitrogens with zero attached hydrogens (tertiary/aromatic N) is 4. The Morgan fingerprint density at radius 2 is 1.10 bits per heavy atom. The van der Waals surface area contributed by atoms with E-state index in [0.29, 0.717) is 36.5 Å². The molecule has 2 aromatic carbocycles. The number of aromatic nitrogens is 4. The Balaban J connectivity index is 1.32. The molecule has 4 aromatic rings. The maximum absolute atomic E-state index is 5.28. The average Bonchev–Trinajstić information content (AvgIpc) is 3.44. The van der Waals surface area contributed by atoms with Crippen molar-refractivity contribution in [1.29, 1.82) is 0 Å². The lowest BCUT2D eigenvalue weighted by atomic mass is 10.2. The van der Waals surface area contributed by atoms with Crippen molar-refractivity contribution >= 4 is 0 Å². The SMILES string of the molecule is COc1ccc(-c2noc(CNCc3nc(-c4ccc(OC)cc4)no3)n2)cc1. The summed E-state index contributed by atoms with van der Waals surface area (Å²) in [5, 5.41) is 11.1. The summed E-state index contributed by atoms with van der Waals surface area (Å²) in [6.45, 7) is 0.757. The minimum Gasteiger partial charge on any atom is -0.497 e. The highest BCUT2D eigenvalue weighted by Gasteiger charge is 2.11. The summed E-state index contributed by atoms with van der Waals surface area (Å²) in [6.07, 6.45) is 0. The van der Waals surface area contributed by atoms with Crippen molar-refractivity contribution in [3.8, 4) is 34.3 Å². The molecule has 4 rings (SSSR count). The highest BCUT2D eigenvalue weighted by atomic mass is 16.5. The Kier molecular flexibility index (Phi) is 5.48. The number of methoxy groups -OCH3 is 2. The van der Waals surface area contributed by atoms with E-state index in [9.17, 15) is 0 Å². The number of hydrogen-bond acceptors (Lipinski definition) is 9. The number of ether oxygens (including phenoxy) is 2. The first-order valence-electron chi connectivity index (χ1n) is 8.90. The fourth-order valence-electron chi connectivity index (χ4n) is 2.64. The van der Waals surface area contributed by atoms with Crippen molar-refractivity contribution in [3.63, 3.8) is 0 Å². The zero-order valence-corrected chi connectivity index (χ0v) is 16.0. The molecule has 0 atom stereocenters. The number of nitrogens with one attached hydrogen (secondary N) is 1. The minimum absolute atomic E-state index is 0.378. The Morgan fingerprint density at radius 3 is 1.48 bits per heavy atom. The van der Waals surface area contributed by atoms with Crippen molar-refractivity contribution in [2.45, 2.75) is 13.1 Å². The van der Waals surface area contributed by atoms with Crippen LogP contribution in [-0.2, 0) is 13.1 Å². The molecule has 0 fully saturated rings. The predicted octanol–water partition coefficient (Wildman–Crippen LogP) is 3.09. The van der Waals surface area contributed by atoms with Gasteiger partial charge >= 0.3 is 0 Å². The van der Waals surface area contributed by atoms with E-state index in [0.717, 1.165) is 22.6 Å². The van der Waals surface area contributed by atoms with Crippen LogP contribution < -0.4 is 14.8 Å². The van der Waals surface area contributed by atoms with Gasteiger partial charge in [-0.3, -0.25) is 5.32 Å². The van der Waals surface area contributed by atoms with Crippen LogP contribution in [0.3, 0.4) is 0 Å². The number of hydrogen-bond donors (Lipinski definition) is 1. The predicted molar refractivity (Wildman–Crippen MR) is 103 cm³/mol. The quantitative estimate of drug-likeness (QED) is 0.483. The van der Waals surface area contributed by atoms with Crippen LogP contribution in [0.1, 0.15) is 11.8 Å². The molecule has 0 saturated carbocycles. The Bertz CT molecular complexity index is 971. The molecule has 0 aliphatic heterocycles. The van der Waals surface area contributed by atoms with Gasteiger partial charge in [-0.15, -0.1) is 0 Å². The van der Waals surface area contributed by atoms with Crippen LogP contribution in [0.4, 0.5) is 0 Å². The maximum Gasteiger partial charge on any atom is 0.240 e. The summed E-state index contributed by atoms with van der Waals surface area (Å²) in [7, 11) is 3.24. The lowest BCUT2D eigenvalue weighted by Crippen LogP contribution is -2.13. The monoisotopic (exact) mass is 393 g/mol. The van der Waals surface area contributed by atoms with Gasteiger partial charge in [0, 0.05) is 11.1 Å². The minimum atomic E-state index is 0.378. The zero-order chi connectivity index (χ0) is 20.1. The van der Waals surface area contributed by atoms with Crippen LogP contribution in [0.25, 0.3) is 22.8 Å². The van der Waals surface area contributed by atoms with Crippen LogP contribution >= 0.6 is 0 Å². The fourth-order valence-corrected chi connectivity index (χ4v) is 2.64. The molecule has 9 nitrogen and oxygen atoms in total. The molecule has 148 valence electrons. The second-order valence-corrected chi connectivity index (χ2v) is 6.08. The summed E-state index contributed by atoms with van der Waals surface area (Å²) < 4.78 is 20.8. The first-order valence-corrected chi connectivity index (χ1v) is 8.90. The second kappa shape index (κ2) is 8.53. The first-order chi connectivity index (χ1) is 14.2. The molecule has 29 heavy (non-hydrogen) atoms. The summed E-state index contributed by atoms with van der Waals surface area (Å²) >= 11 is 0. The van der Waals surface area contributed by atoms with Crippen molar-refractivity contribution in [3.05, 3.63) is 60.3 Å². The van der Waals surface area contributed by atoms with E-state index in [1.54, 1.807) is 14.2 Å². The van der Waals surface area contributed by atoms with E-state index >= 15 is 0 Å². The third-order valence-electron chi connectivity index (χ3n) is 4.19. The fraction of sp³-hybridized carbons (Fsp3) is 0.200. The summed E-state index contributed by atoms with van der Waals surface area (Å²) in [4.78, 5) is 8.75. The standard InChI is InChI=1S/C20H19N5O4/c1-26-15-7-3-13(4-8-15)19-22-17(28-24-19)11-21-12-18-23-20(25-29-18)14-5-9-16(27-2)10-6-14/h3-10,21H,11-12H2,1-2H3.